The molecule has 0 atom stereocenters. The van der Waals surface area contributed by atoms with Crippen molar-refractivity contribution in [2.24, 2.45) is 0 Å². The summed E-state index contributed by atoms with van der Waals surface area (Å²) in [5.74, 6) is 0.625. The molecule has 4 nitrogen and oxygen atoms in total. The molecule has 0 fully saturated rings. The highest BCUT2D eigenvalue weighted by molar-refractivity contribution is 6.19. The predicted molar refractivity (Wildman–Crippen MR) is 204 cm³/mol. The van der Waals surface area contributed by atoms with Crippen LogP contribution in [-0.4, -0.2) is 4.98 Å². The third kappa shape index (κ3) is 5.26. The highest BCUT2D eigenvalue weighted by Gasteiger charge is 2.19. The number of aromatic nitrogens is 1. The number of para-hydroxylation sites is 3. The Morgan fingerprint density at radius 3 is 1.47 bits per heavy atom. The number of oxazole rings is 1. The first-order valence-electron chi connectivity index (χ1n) is 16.5. The maximum atomic E-state index is 6.31. The highest BCUT2D eigenvalue weighted by Crippen LogP contribution is 2.42. The van der Waals surface area contributed by atoms with Gasteiger partial charge in [0, 0.05) is 45.1 Å². The van der Waals surface area contributed by atoms with Crippen molar-refractivity contribution in [2.75, 3.05) is 9.80 Å². The van der Waals surface area contributed by atoms with E-state index in [1.54, 1.807) is 0 Å². The SMILES string of the molecule is c1ccc(-c2nc3c(ccc4ccc5ccc(N(c6ccccc6)c6cccc(N(c7ccccc7)c7ccccc7)c6)cc5c43)o2)cc1. The lowest BCUT2D eigenvalue weighted by molar-refractivity contribution is 0.620. The molecule has 232 valence electrons. The summed E-state index contributed by atoms with van der Waals surface area (Å²) in [5.41, 5.74) is 9.05. The smallest absolute Gasteiger partial charge is 0.227 e. The fourth-order valence-electron chi connectivity index (χ4n) is 6.76. The van der Waals surface area contributed by atoms with Crippen LogP contribution in [0.25, 0.3) is 44.1 Å². The molecule has 0 aliphatic carbocycles. The minimum Gasteiger partial charge on any atom is -0.436 e. The molecular formula is C45H31N3O. The zero-order chi connectivity index (χ0) is 32.6. The average Bonchev–Trinajstić information content (AvgIpc) is 3.62. The zero-order valence-electron chi connectivity index (χ0n) is 26.6. The minimum absolute atomic E-state index is 0.625. The van der Waals surface area contributed by atoms with Gasteiger partial charge in [-0.2, -0.15) is 0 Å². The lowest BCUT2D eigenvalue weighted by Gasteiger charge is -2.29. The summed E-state index contributed by atoms with van der Waals surface area (Å²) in [4.78, 5) is 9.68. The molecule has 0 radical (unpaired) electrons. The van der Waals surface area contributed by atoms with Gasteiger partial charge in [-0.25, -0.2) is 4.98 Å². The number of rotatable bonds is 7. The Hall–Kier alpha value is -6.65. The number of nitrogens with zero attached hydrogens (tertiary/aromatic N) is 3. The molecule has 1 heterocycles. The second-order valence-corrected chi connectivity index (χ2v) is 12.1. The molecule has 0 bridgehead atoms. The van der Waals surface area contributed by atoms with E-state index in [1.807, 2.05) is 36.4 Å². The van der Waals surface area contributed by atoms with Gasteiger partial charge in [-0.05, 0) is 101 Å². The summed E-state index contributed by atoms with van der Waals surface area (Å²) >= 11 is 0. The predicted octanol–water partition coefficient (Wildman–Crippen LogP) is 12.7. The highest BCUT2D eigenvalue weighted by atomic mass is 16.3. The Balaban J connectivity index is 1.23. The van der Waals surface area contributed by atoms with Crippen molar-refractivity contribution in [3.63, 3.8) is 0 Å². The van der Waals surface area contributed by atoms with Crippen molar-refractivity contribution in [2.45, 2.75) is 0 Å². The van der Waals surface area contributed by atoms with Crippen LogP contribution in [0, 0.1) is 0 Å². The van der Waals surface area contributed by atoms with Gasteiger partial charge >= 0.3 is 0 Å². The van der Waals surface area contributed by atoms with Crippen LogP contribution < -0.4 is 9.80 Å². The van der Waals surface area contributed by atoms with E-state index in [9.17, 15) is 0 Å². The van der Waals surface area contributed by atoms with Crippen molar-refractivity contribution < 1.29 is 4.42 Å². The van der Waals surface area contributed by atoms with Crippen molar-refractivity contribution >= 4 is 66.8 Å². The largest absolute Gasteiger partial charge is 0.436 e. The Morgan fingerprint density at radius 2 is 0.857 bits per heavy atom. The van der Waals surface area contributed by atoms with Gasteiger partial charge in [-0.15, -0.1) is 0 Å². The molecule has 0 saturated carbocycles. The van der Waals surface area contributed by atoms with Crippen LogP contribution in [0.5, 0.6) is 0 Å². The third-order valence-electron chi connectivity index (χ3n) is 9.01. The maximum absolute atomic E-state index is 6.31. The number of hydrogen-bond donors (Lipinski definition) is 0. The number of fused-ring (bicyclic) bond motifs is 5. The molecule has 49 heavy (non-hydrogen) atoms. The third-order valence-corrected chi connectivity index (χ3v) is 9.01. The summed E-state index contributed by atoms with van der Waals surface area (Å²) in [5, 5.41) is 4.48. The van der Waals surface area contributed by atoms with Gasteiger partial charge in [0.25, 0.3) is 0 Å². The Kier molecular flexibility index (Phi) is 7.10. The van der Waals surface area contributed by atoms with Crippen LogP contribution in [0.2, 0.25) is 0 Å². The molecule has 0 amide bonds. The molecule has 0 saturated heterocycles. The van der Waals surface area contributed by atoms with E-state index in [1.165, 1.54) is 0 Å². The first-order valence-corrected chi connectivity index (χ1v) is 16.5. The van der Waals surface area contributed by atoms with Crippen LogP contribution in [0.3, 0.4) is 0 Å². The normalized spacial score (nSPS) is 11.3. The van der Waals surface area contributed by atoms with Gasteiger partial charge in [0.2, 0.25) is 5.89 Å². The van der Waals surface area contributed by atoms with E-state index < -0.39 is 0 Å². The summed E-state index contributed by atoms with van der Waals surface area (Å²) in [6, 6.07) is 65.7. The van der Waals surface area contributed by atoms with E-state index in [-0.39, 0.29) is 0 Å². The summed E-state index contributed by atoms with van der Waals surface area (Å²) < 4.78 is 6.31. The van der Waals surface area contributed by atoms with Gasteiger partial charge in [-0.1, -0.05) is 103 Å². The van der Waals surface area contributed by atoms with E-state index in [4.69, 9.17) is 9.40 Å². The maximum Gasteiger partial charge on any atom is 0.227 e. The summed E-state index contributed by atoms with van der Waals surface area (Å²) in [6.07, 6.45) is 0. The van der Waals surface area contributed by atoms with E-state index in [0.717, 1.165) is 72.3 Å². The number of benzene rings is 8. The molecule has 0 aliphatic heterocycles. The average molecular weight is 630 g/mol. The molecule has 8 aromatic carbocycles. The van der Waals surface area contributed by atoms with Crippen LogP contribution in [0.4, 0.5) is 34.1 Å². The van der Waals surface area contributed by atoms with E-state index in [0.29, 0.717) is 5.89 Å². The van der Waals surface area contributed by atoms with Gasteiger partial charge in [0.05, 0.1) is 0 Å². The lowest BCUT2D eigenvalue weighted by Crippen LogP contribution is -2.13. The molecule has 0 aliphatic rings. The van der Waals surface area contributed by atoms with E-state index in [2.05, 4.69) is 161 Å². The fourth-order valence-corrected chi connectivity index (χ4v) is 6.76. The topological polar surface area (TPSA) is 32.5 Å². The summed E-state index contributed by atoms with van der Waals surface area (Å²) in [6.45, 7) is 0. The zero-order valence-corrected chi connectivity index (χ0v) is 26.6. The quantitative estimate of drug-likeness (QED) is 0.164. The van der Waals surface area contributed by atoms with Gasteiger partial charge in [-0.3, -0.25) is 0 Å². The fraction of sp³-hybridized carbons (Fsp3) is 0. The Bertz CT molecular complexity index is 2510. The van der Waals surface area contributed by atoms with Gasteiger partial charge < -0.3 is 14.2 Å². The van der Waals surface area contributed by atoms with Crippen LogP contribution in [0.1, 0.15) is 0 Å². The Labute approximate surface area is 284 Å². The standard InChI is InChI=1S/C45H31N3O/c1-5-14-34(15-6-1)45-46-44-42(49-45)29-27-33-25-24-32-26-28-40(31-41(32)43(33)44)48(37-20-11-4-12-21-37)39-23-13-22-38(30-39)47(35-16-7-2-8-17-35)36-18-9-3-10-19-36/h1-31H. The van der Waals surface area contributed by atoms with Crippen LogP contribution in [-0.2, 0) is 0 Å². The minimum atomic E-state index is 0.625. The Morgan fingerprint density at radius 1 is 0.388 bits per heavy atom. The van der Waals surface area contributed by atoms with Gasteiger partial charge in [0.15, 0.2) is 5.58 Å². The van der Waals surface area contributed by atoms with E-state index >= 15 is 0 Å². The lowest BCUT2D eigenvalue weighted by atomic mass is 10.00. The molecule has 1 aromatic heterocycles. The van der Waals surface area contributed by atoms with Crippen LogP contribution in [0.15, 0.2) is 192 Å². The van der Waals surface area contributed by atoms with Gasteiger partial charge in [0.1, 0.15) is 5.52 Å². The molecule has 9 rings (SSSR count). The first-order chi connectivity index (χ1) is 24.3. The molecule has 4 heteroatoms. The molecular weight excluding hydrogens is 599 g/mol. The summed E-state index contributed by atoms with van der Waals surface area (Å²) in [7, 11) is 0. The molecule has 0 unspecified atom stereocenters. The van der Waals surface area contributed by atoms with Crippen LogP contribution >= 0.6 is 0 Å². The van der Waals surface area contributed by atoms with Crippen molar-refractivity contribution in [3.8, 4) is 11.5 Å². The second kappa shape index (κ2) is 12.2. The molecule has 9 aromatic rings. The van der Waals surface area contributed by atoms with Crippen molar-refractivity contribution in [1.29, 1.82) is 0 Å². The van der Waals surface area contributed by atoms with Crippen molar-refractivity contribution in [3.05, 3.63) is 188 Å². The molecule has 0 N–H and O–H groups in total. The number of hydrogen-bond acceptors (Lipinski definition) is 4. The first kappa shape index (κ1) is 28.6. The molecule has 0 spiro atoms. The number of anilines is 6. The van der Waals surface area contributed by atoms with Crippen molar-refractivity contribution in [1.82, 2.24) is 4.98 Å². The second-order valence-electron chi connectivity index (χ2n) is 12.1. The monoisotopic (exact) mass is 629 g/mol.